The largest absolute Gasteiger partial charge is 0.467 e. The molecule has 3 rings (SSSR count). The highest BCUT2D eigenvalue weighted by atomic mass is 16.3. The fraction of sp³-hybridized carbons (Fsp3) is 0.300. The van der Waals surface area contributed by atoms with Gasteiger partial charge in [0, 0.05) is 12.1 Å². The number of terminal acetylenes is 1. The summed E-state index contributed by atoms with van der Waals surface area (Å²) in [5, 5.41) is 2.82. The van der Waals surface area contributed by atoms with Gasteiger partial charge >= 0.3 is 0 Å². The van der Waals surface area contributed by atoms with Gasteiger partial charge in [-0.15, -0.1) is 6.42 Å². The molecule has 0 bridgehead atoms. The molecule has 0 fully saturated rings. The number of aryl methyl sites for hydroxylation is 1. The summed E-state index contributed by atoms with van der Waals surface area (Å²) in [5.74, 6) is 3.30. The zero-order valence-corrected chi connectivity index (χ0v) is 14.0. The van der Waals surface area contributed by atoms with E-state index < -0.39 is 0 Å². The molecule has 128 valence electrons. The van der Waals surface area contributed by atoms with E-state index in [2.05, 4.69) is 11.2 Å². The molecule has 1 N–H and O–H groups in total. The van der Waals surface area contributed by atoms with Crippen molar-refractivity contribution in [3.63, 3.8) is 0 Å². The van der Waals surface area contributed by atoms with Crippen LogP contribution in [0.15, 0.2) is 41.0 Å². The van der Waals surface area contributed by atoms with Gasteiger partial charge in [0.15, 0.2) is 0 Å². The van der Waals surface area contributed by atoms with Crippen molar-refractivity contribution in [2.75, 3.05) is 11.9 Å². The third kappa shape index (κ3) is 4.30. The Labute approximate surface area is 147 Å². The van der Waals surface area contributed by atoms with Gasteiger partial charge in [-0.2, -0.15) is 0 Å². The fourth-order valence-electron chi connectivity index (χ4n) is 2.97. The van der Waals surface area contributed by atoms with E-state index in [1.54, 1.807) is 17.2 Å². The van der Waals surface area contributed by atoms with E-state index in [0.717, 1.165) is 35.4 Å². The molecule has 2 aromatic rings. The number of hydrogen-bond acceptors (Lipinski definition) is 3. The zero-order valence-electron chi connectivity index (χ0n) is 14.0. The van der Waals surface area contributed by atoms with Crippen molar-refractivity contribution in [3.05, 3.63) is 53.5 Å². The summed E-state index contributed by atoms with van der Waals surface area (Å²) in [6.07, 6.45) is 9.34. The number of rotatable bonds is 7. The minimum Gasteiger partial charge on any atom is -0.467 e. The number of furan rings is 1. The molecule has 0 unspecified atom stereocenters. The lowest BCUT2D eigenvalue weighted by molar-refractivity contribution is -0.131. The van der Waals surface area contributed by atoms with Gasteiger partial charge in [0.25, 0.3) is 0 Å². The summed E-state index contributed by atoms with van der Waals surface area (Å²) in [7, 11) is 0. The Hall–Kier alpha value is -3.00. The zero-order chi connectivity index (χ0) is 17.6. The van der Waals surface area contributed by atoms with Crippen LogP contribution in [0.1, 0.15) is 29.7 Å². The number of carbonyl (C=O) groups excluding carboxylic acids is 2. The van der Waals surface area contributed by atoms with E-state index >= 15 is 0 Å². The number of anilines is 1. The molecular weight excluding hydrogens is 316 g/mol. The van der Waals surface area contributed by atoms with Crippen LogP contribution in [-0.4, -0.2) is 23.3 Å². The predicted octanol–water partition coefficient (Wildman–Crippen LogP) is 2.76. The van der Waals surface area contributed by atoms with E-state index in [-0.39, 0.29) is 18.4 Å². The van der Waals surface area contributed by atoms with Gasteiger partial charge in [0.05, 0.1) is 25.8 Å². The highest BCUT2D eigenvalue weighted by Gasteiger charge is 2.18. The smallest absolute Gasteiger partial charge is 0.228 e. The first-order valence-electron chi connectivity index (χ1n) is 8.31. The second kappa shape index (κ2) is 7.71. The lowest BCUT2D eigenvalue weighted by atomic mass is 10.0. The molecule has 2 amide bonds. The van der Waals surface area contributed by atoms with Crippen molar-refractivity contribution in [1.82, 2.24) is 4.90 Å². The number of hydrogen-bond donors (Lipinski definition) is 1. The van der Waals surface area contributed by atoms with E-state index in [9.17, 15) is 9.59 Å². The predicted molar refractivity (Wildman–Crippen MR) is 94.7 cm³/mol. The van der Waals surface area contributed by atoms with Crippen LogP contribution in [0.4, 0.5) is 5.69 Å². The first-order valence-corrected chi connectivity index (χ1v) is 8.31. The first kappa shape index (κ1) is 16.8. The molecule has 0 saturated heterocycles. The average molecular weight is 336 g/mol. The first-order chi connectivity index (χ1) is 12.2. The van der Waals surface area contributed by atoms with Gasteiger partial charge < -0.3 is 14.6 Å². The number of amides is 2. The van der Waals surface area contributed by atoms with Crippen molar-refractivity contribution >= 4 is 17.5 Å². The summed E-state index contributed by atoms with van der Waals surface area (Å²) in [6.45, 7) is 0.662. The molecule has 0 spiro atoms. The highest BCUT2D eigenvalue weighted by Crippen LogP contribution is 2.24. The summed E-state index contributed by atoms with van der Waals surface area (Å²) in [4.78, 5) is 25.4. The summed E-state index contributed by atoms with van der Waals surface area (Å²) >= 11 is 0. The number of fused-ring (bicyclic) bond motifs is 1. The summed E-state index contributed by atoms with van der Waals surface area (Å²) in [5.41, 5.74) is 3.06. The van der Waals surface area contributed by atoms with Crippen molar-refractivity contribution in [2.24, 2.45) is 0 Å². The van der Waals surface area contributed by atoms with Crippen molar-refractivity contribution in [2.45, 2.75) is 32.2 Å². The molecular formula is C20H20N2O3. The second-order valence-corrected chi connectivity index (χ2v) is 6.10. The van der Waals surface area contributed by atoms with Crippen LogP contribution in [0.3, 0.4) is 0 Å². The molecule has 5 nitrogen and oxygen atoms in total. The average Bonchev–Trinajstić information content (AvgIpc) is 3.22. The summed E-state index contributed by atoms with van der Waals surface area (Å²) < 4.78 is 5.29. The van der Waals surface area contributed by atoms with Gasteiger partial charge in [-0.3, -0.25) is 9.59 Å². The van der Waals surface area contributed by atoms with E-state index in [1.807, 2.05) is 24.3 Å². The molecule has 0 atom stereocenters. The number of benzene rings is 1. The third-order valence-corrected chi connectivity index (χ3v) is 4.21. The normalized spacial score (nSPS) is 12.4. The van der Waals surface area contributed by atoms with Crippen molar-refractivity contribution in [1.29, 1.82) is 0 Å². The van der Waals surface area contributed by atoms with Crippen LogP contribution in [0, 0.1) is 12.3 Å². The molecule has 1 aromatic heterocycles. The van der Waals surface area contributed by atoms with Gasteiger partial charge in [-0.05, 0) is 42.2 Å². The van der Waals surface area contributed by atoms with Crippen LogP contribution in [0.2, 0.25) is 0 Å². The molecule has 0 aliphatic carbocycles. The Morgan fingerprint density at radius 1 is 1.36 bits per heavy atom. The Kier molecular flexibility index (Phi) is 5.20. The monoisotopic (exact) mass is 336 g/mol. The van der Waals surface area contributed by atoms with Crippen LogP contribution in [0.5, 0.6) is 0 Å². The standard InChI is InChI=1S/C20H20N2O3/c1-2-10-22(14-17-6-4-11-25-17)20(24)7-3-5-15-8-9-18-16(12-15)13-19(23)21-18/h1,4,6,8-9,11-12H,3,5,7,10,13-14H2,(H,21,23). The molecule has 1 aromatic carbocycles. The van der Waals surface area contributed by atoms with Gasteiger partial charge in [0.2, 0.25) is 11.8 Å². The topological polar surface area (TPSA) is 62.6 Å². The maximum absolute atomic E-state index is 12.4. The molecule has 2 heterocycles. The van der Waals surface area contributed by atoms with Crippen LogP contribution in [-0.2, 0) is 29.0 Å². The lowest BCUT2D eigenvalue weighted by Crippen LogP contribution is -2.30. The van der Waals surface area contributed by atoms with Gasteiger partial charge in [-0.1, -0.05) is 18.1 Å². The molecule has 0 saturated carbocycles. The maximum Gasteiger partial charge on any atom is 0.228 e. The minimum absolute atomic E-state index is 0.0207. The van der Waals surface area contributed by atoms with E-state index in [1.165, 1.54) is 0 Å². The highest BCUT2D eigenvalue weighted by molar-refractivity contribution is 5.99. The number of nitrogens with one attached hydrogen (secondary N) is 1. The Bertz CT molecular complexity index is 803. The Morgan fingerprint density at radius 2 is 2.24 bits per heavy atom. The number of carbonyl (C=O) groups is 2. The van der Waals surface area contributed by atoms with Crippen LogP contribution < -0.4 is 5.32 Å². The number of nitrogens with zero attached hydrogens (tertiary/aromatic N) is 1. The Morgan fingerprint density at radius 3 is 3.00 bits per heavy atom. The second-order valence-electron chi connectivity index (χ2n) is 6.10. The molecule has 5 heteroatoms. The van der Waals surface area contributed by atoms with Crippen LogP contribution in [0.25, 0.3) is 0 Å². The summed E-state index contributed by atoms with van der Waals surface area (Å²) in [6, 6.07) is 9.59. The third-order valence-electron chi connectivity index (χ3n) is 4.21. The van der Waals surface area contributed by atoms with E-state index in [4.69, 9.17) is 10.8 Å². The molecule has 1 aliphatic heterocycles. The maximum atomic E-state index is 12.4. The fourth-order valence-corrected chi connectivity index (χ4v) is 2.97. The van der Waals surface area contributed by atoms with Gasteiger partial charge in [-0.25, -0.2) is 0 Å². The van der Waals surface area contributed by atoms with Crippen LogP contribution >= 0.6 is 0 Å². The molecule has 0 radical (unpaired) electrons. The minimum atomic E-state index is 0.0207. The van der Waals surface area contributed by atoms with E-state index in [0.29, 0.717) is 19.4 Å². The van der Waals surface area contributed by atoms with Gasteiger partial charge in [0.1, 0.15) is 5.76 Å². The quantitative estimate of drug-likeness (QED) is 0.791. The lowest BCUT2D eigenvalue weighted by Gasteiger charge is -2.19. The Balaban J connectivity index is 1.52. The SMILES string of the molecule is C#CCN(Cc1ccco1)C(=O)CCCc1ccc2c(c1)CC(=O)N2. The van der Waals surface area contributed by atoms with Crippen molar-refractivity contribution in [3.8, 4) is 12.3 Å². The molecule has 1 aliphatic rings. The molecule has 25 heavy (non-hydrogen) atoms. The van der Waals surface area contributed by atoms with Crippen molar-refractivity contribution < 1.29 is 14.0 Å².